The fourth-order valence-electron chi connectivity index (χ4n) is 2.74. The Balaban J connectivity index is 1.76. The molecule has 0 saturated carbocycles. The van der Waals surface area contributed by atoms with Gasteiger partial charge in [-0.15, -0.1) is 0 Å². The standard InChI is InChI=1S/C12H23NO2/c1-10(14)12-3-2-5-13(8-12)7-11-4-6-15-9-11/h10-12,14H,2-9H2,1H3/t10-,11-,12-/m0/s1. The van der Waals surface area contributed by atoms with Gasteiger partial charge in [0.1, 0.15) is 0 Å². The summed E-state index contributed by atoms with van der Waals surface area (Å²) < 4.78 is 5.40. The van der Waals surface area contributed by atoms with E-state index in [1.807, 2.05) is 6.92 Å². The molecule has 0 aromatic heterocycles. The highest BCUT2D eigenvalue weighted by molar-refractivity contribution is 4.78. The minimum absolute atomic E-state index is 0.146. The highest BCUT2D eigenvalue weighted by Gasteiger charge is 2.26. The van der Waals surface area contributed by atoms with E-state index in [4.69, 9.17) is 4.74 Å². The van der Waals surface area contributed by atoms with Crippen LogP contribution in [0.2, 0.25) is 0 Å². The number of piperidine rings is 1. The molecule has 2 fully saturated rings. The zero-order valence-corrected chi connectivity index (χ0v) is 9.69. The van der Waals surface area contributed by atoms with Gasteiger partial charge in [-0.05, 0) is 44.6 Å². The largest absolute Gasteiger partial charge is 0.393 e. The second kappa shape index (κ2) is 5.28. The third-order valence-electron chi connectivity index (χ3n) is 3.76. The highest BCUT2D eigenvalue weighted by Crippen LogP contribution is 2.22. The van der Waals surface area contributed by atoms with E-state index in [-0.39, 0.29) is 6.10 Å². The number of ether oxygens (including phenoxy) is 1. The lowest BCUT2D eigenvalue weighted by molar-refractivity contribution is 0.0551. The Kier molecular flexibility index (Phi) is 4.00. The molecular formula is C12H23NO2. The summed E-state index contributed by atoms with van der Waals surface area (Å²) in [7, 11) is 0. The molecule has 3 nitrogen and oxygen atoms in total. The maximum atomic E-state index is 9.60. The van der Waals surface area contributed by atoms with Crippen LogP contribution in [-0.2, 0) is 4.74 Å². The summed E-state index contributed by atoms with van der Waals surface area (Å²) in [6, 6.07) is 0. The van der Waals surface area contributed by atoms with Gasteiger partial charge in [-0.25, -0.2) is 0 Å². The van der Waals surface area contributed by atoms with Crippen LogP contribution in [0, 0.1) is 11.8 Å². The first kappa shape index (κ1) is 11.4. The second-order valence-corrected chi connectivity index (χ2v) is 5.13. The molecule has 0 unspecified atom stereocenters. The highest BCUT2D eigenvalue weighted by atomic mass is 16.5. The van der Waals surface area contributed by atoms with Crippen molar-refractivity contribution in [3.05, 3.63) is 0 Å². The topological polar surface area (TPSA) is 32.7 Å². The van der Waals surface area contributed by atoms with E-state index in [2.05, 4.69) is 4.90 Å². The molecule has 0 bridgehead atoms. The number of hydrogen-bond donors (Lipinski definition) is 1. The Morgan fingerprint density at radius 3 is 3.00 bits per heavy atom. The SMILES string of the molecule is C[C@H](O)[C@H]1CCCN(C[C@@H]2CCOC2)C1. The molecule has 2 saturated heterocycles. The molecule has 0 aromatic rings. The van der Waals surface area contributed by atoms with Crippen LogP contribution in [0.15, 0.2) is 0 Å². The lowest BCUT2D eigenvalue weighted by atomic mass is 9.92. The fraction of sp³-hybridized carbons (Fsp3) is 1.00. The van der Waals surface area contributed by atoms with Gasteiger partial charge >= 0.3 is 0 Å². The van der Waals surface area contributed by atoms with Crippen molar-refractivity contribution in [3.63, 3.8) is 0 Å². The third-order valence-corrected chi connectivity index (χ3v) is 3.76. The minimum Gasteiger partial charge on any atom is -0.393 e. The first-order valence-electron chi connectivity index (χ1n) is 6.24. The normalized spacial score (nSPS) is 35.6. The number of aliphatic hydroxyl groups is 1. The summed E-state index contributed by atoms with van der Waals surface area (Å²) in [5, 5.41) is 9.60. The summed E-state index contributed by atoms with van der Waals surface area (Å²) >= 11 is 0. The molecule has 2 aliphatic rings. The van der Waals surface area contributed by atoms with Gasteiger partial charge in [0.15, 0.2) is 0 Å². The van der Waals surface area contributed by atoms with Gasteiger partial charge in [0.05, 0.1) is 12.7 Å². The number of hydrogen-bond acceptors (Lipinski definition) is 3. The molecule has 2 rings (SSSR count). The van der Waals surface area contributed by atoms with Gasteiger partial charge in [-0.2, -0.15) is 0 Å². The van der Waals surface area contributed by atoms with E-state index < -0.39 is 0 Å². The van der Waals surface area contributed by atoms with Crippen molar-refractivity contribution in [2.45, 2.75) is 32.3 Å². The summed E-state index contributed by atoms with van der Waals surface area (Å²) in [6.07, 6.45) is 3.50. The molecule has 0 aromatic carbocycles. The molecule has 88 valence electrons. The van der Waals surface area contributed by atoms with Crippen LogP contribution < -0.4 is 0 Å². The Bertz CT molecular complexity index is 188. The predicted molar refractivity (Wildman–Crippen MR) is 59.8 cm³/mol. The molecule has 3 heteroatoms. The van der Waals surface area contributed by atoms with Gasteiger partial charge in [0.25, 0.3) is 0 Å². The van der Waals surface area contributed by atoms with E-state index in [9.17, 15) is 5.11 Å². The van der Waals surface area contributed by atoms with Crippen LogP contribution in [0.1, 0.15) is 26.2 Å². The molecule has 0 aliphatic carbocycles. The molecule has 0 radical (unpaired) electrons. The fourth-order valence-corrected chi connectivity index (χ4v) is 2.74. The van der Waals surface area contributed by atoms with Crippen LogP contribution in [0.5, 0.6) is 0 Å². The van der Waals surface area contributed by atoms with Crippen molar-refractivity contribution >= 4 is 0 Å². The summed E-state index contributed by atoms with van der Waals surface area (Å²) in [5.41, 5.74) is 0. The van der Waals surface area contributed by atoms with Gasteiger partial charge in [0.2, 0.25) is 0 Å². The number of aliphatic hydroxyl groups excluding tert-OH is 1. The Labute approximate surface area is 92.4 Å². The van der Waals surface area contributed by atoms with Crippen molar-refractivity contribution in [2.24, 2.45) is 11.8 Å². The van der Waals surface area contributed by atoms with E-state index in [1.54, 1.807) is 0 Å². The zero-order chi connectivity index (χ0) is 10.7. The third kappa shape index (κ3) is 3.16. The molecule has 2 aliphatic heterocycles. The van der Waals surface area contributed by atoms with Crippen LogP contribution in [-0.4, -0.2) is 49.0 Å². The maximum Gasteiger partial charge on any atom is 0.0552 e. The lowest BCUT2D eigenvalue weighted by Crippen LogP contribution is -2.41. The molecular weight excluding hydrogens is 190 g/mol. The molecule has 15 heavy (non-hydrogen) atoms. The smallest absolute Gasteiger partial charge is 0.0552 e. The van der Waals surface area contributed by atoms with Crippen LogP contribution in [0.25, 0.3) is 0 Å². The lowest BCUT2D eigenvalue weighted by Gasteiger charge is -2.35. The van der Waals surface area contributed by atoms with Gasteiger partial charge in [-0.3, -0.25) is 0 Å². The molecule has 0 amide bonds. The molecule has 2 heterocycles. The van der Waals surface area contributed by atoms with Gasteiger partial charge in [0, 0.05) is 19.7 Å². The second-order valence-electron chi connectivity index (χ2n) is 5.13. The molecule has 0 spiro atoms. The van der Waals surface area contributed by atoms with Crippen LogP contribution in [0.3, 0.4) is 0 Å². The predicted octanol–water partition coefficient (Wildman–Crippen LogP) is 1.12. The van der Waals surface area contributed by atoms with E-state index in [0.29, 0.717) is 5.92 Å². The maximum absolute atomic E-state index is 9.60. The van der Waals surface area contributed by atoms with Crippen molar-refractivity contribution < 1.29 is 9.84 Å². The van der Waals surface area contributed by atoms with Crippen LogP contribution in [0.4, 0.5) is 0 Å². The van der Waals surface area contributed by atoms with Crippen LogP contribution >= 0.6 is 0 Å². The first-order valence-corrected chi connectivity index (χ1v) is 6.24. The molecule has 1 N–H and O–H groups in total. The van der Waals surface area contributed by atoms with E-state index in [1.165, 1.54) is 32.4 Å². The Morgan fingerprint density at radius 1 is 1.47 bits per heavy atom. The van der Waals surface area contributed by atoms with Gasteiger partial charge < -0.3 is 14.7 Å². The number of nitrogens with zero attached hydrogens (tertiary/aromatic N) is 1. The van der Waals surface area contributed by atoms with Crippen molar-refractivity contribution in [3.8, 4) is 0 Å². The minimum atomic E-state index is -0.146. The van der Waals surface area contributed by atoms with E-state index >= 15 is 0 Å². The number of likely N-dealkylation sites (tertiary alicyclic amines) is 1. The van der Waals surface area contributed by atoms with Crippen molar-refractivity contribution in [1.82, 2.24) is 4.90 Å². The van der Waals surface area contributed by atoms with E-state index in [0.717, 1.165) is 25.7 Å². The average molecular weight is 213 g/mol. The summed E-state index contributed by atoms with van der Waals surface area (Å²) in [5.74, 6) is 1.22. The average Bonchev–Trinajstić information content (AvgIpc) is 2.71. The quantitative estimate of drug-likeness (QED) is 0.762. The van der Waals surface area contributed by atoms with Gasteiger partial charge in [-0.1, -0.05) is 0 Å². The Morgan fingerprint density at radius 2 is 2.33 bits per heavy atom. The summed E-state index contributed by atoms with van der Waals surface area (Å²) in [4.78, 5) is 2.51. The zero-order valence-electron chi connectivity index (χ0n) is 9.69. The summed E-state index contributed by atoms with van der Waals surface area (Å²) in [6.45, 7) is 7.26. The number of rotatable bonds is 3. The first-order chi connectivity index (χ1) is 7.25. The van der Waals surface area contributed by atoms with Crippen molar-refractivity contribution in [1.29, 1.82) is 0 Å². The Hall–Kier alpha value is -0.120. The molecule has 3 atom stereocenters. The monoisotopic (exact) mass is 213 g/mol. The van der Waals surface area contributed by atoms with Crippen molar-refractivity contribution in [2.75, 3.05) is 32.8 Å².